The highest BCUT2D eigenvalue weighted by Gasteiger charge is 2.07. The Kier molecular flexibility index (Phi) is 3.72. The van der Waals surface area contributed by atoms with Gasteiger partial charge in [0.2, 0.25) is 0 Å². The van der Waals surface area contributed by atoms with Crippen LogP contribution < -0.4 is 0 Å². The molecule has 0 spiro atoms. The van der Waals surface area contributed by atoms with Crippen molar-refractivity contribution in [1.82, 2.24) is 15.4 Å². The molecule has 1 heterocycles. The normalized spacial score (nSPS) is 9.94. The van der Waals surface area contributed by atoms with Gasteiger partial charge in [0.15, 0.2) is 0 Å². The standard InChI is InChI=1S/C13H11N3.C2H6/c1-9-4-2-5-10-6-3-7-11(13(9)10)12-8-14-16-15-12;1-2/h2-8H,1H3,(H,14,15,16);1-2H3. The third-order valence-corrected chi connectivity index (χ3v) is 2.80. The summed E-state index contributed by atoms with van der Waals surface area (Å²) >= 11 is 0. The van der Waals surface area contributed by atoms with E-state index in [4.69, 9.17) is 0 Å². The molecule has 0 radical (unpaired) electrons. The van der Waals surface area contributed by atoms with Gasteiger partial charge in [-0.05, 0) is 23.3 Å². The van der Waals surface area contributed by atoms with Crippen LogP contribution in [0.5, 0.6) is 0 Å². The van der Waals surface area contributed by atoms with Gasteiger partial charge >= 0.3 is 0 Å². The van der Waals surface area contributed by atoms with Crippen molar-refractivity contribution < 1.29 is 0 Å². The van der Waals surface area contributed by atoms with Crippen LogP contribution in [0.2, 0.25) is 0 Å². The zero-order chi connectivity index (χ0) is 13.0. The van der Waals surface area contributed by atoms with Crippen molar-refractivity contribution in [2.75, 3.05) is 0 Å². The molecule has 1 N–H and O–H groups in total. The summed E-state index contributed by atoms with van der Waals surface area (Å²) in [7, 11) is 0. The Labute approximate surface area is 107 Å². The number of aromatic amines is 1. The number of aromatic nitrogens is 3. The van der Waals surface area contributed by atoms with Gasteiger partial charge in [-0.3, -0.25) is 0 Å². The van der Waals surface area contributed by atoms with Gasteiger partial charge in [0.25, 0.3) is 0 Å². The van der Waals surface area contributed by atoms with E-state index >= 15 is 0 Å². The average Bonchev–Trinajstić information content (AvgIpc) is 2.95. The Morgan fingerprint density at radius 3 is 2.39 bits per heavy atom. The second-order valence-corrected chi connectivity index (χ2v) is 3.83. The number of aryl methyl sites for hydroxylation is 1. The summed E-state index contributed by atoms with van der Waals surface area (Å²) in [5.74, 6) is 0. The van der Waals surface area contributed by atoms with E-state index in [-0.39, 0.29) is 0 Å². The maximum atomic E-state index is 4.14. The van der Waals surface area contributed by atoms with Gasteiger partial charge in [0.1, 0.15) is 5.69 Å². The summed E-state index contributed by atoms with van der Waals surface area (Å²) in [6.07, 6.45) is 1.75. The van der Waals surface area contributed by atoms with Crippen LogP contribution in [0.3, 0.4) is 0 Å². The predicted octanol–water partition coefficient (Wildman–Crippen LogP) is 3.96. The number of hydrogen-bond acceptors (Lipinski definition) is 2. The van der Waals surface area contributed by atoms with E-state index in [0.717, 1.165) is 11.3 Å². The van der Waals surface area contributed by atoms with Gasteiger partial charge in [-0.2, -0.15) is 15.4 Å². The molecule has 1 aromatic heterocycles. The topological polar surface area (TPSA) is 41.6 Å². The molecule has 3 rings (SSSR count). The van der Waals surface area contributed by atoms with Crippen molar-refractivity contribution in [3.05, 3.63) is 48.2 Å². The van der Waals surface area contributed by atoms with Crippen LogP contribution in [-0.2, 0) is 0 Å². The maximum Gasteiger partial charge on any atom is 0.113 e. The number of hydrogen-bond donors (Lipinski definition) is 1. The molecule has 92 valence electrons. The SMILES string of the molecule is CC.Cc1cccc2cccc(-c3cn[nH]n3)c12. The largest absolute Gasteiger partial charge is 0.197 e. The Morgan fingerprint density at radius 2 is 1.72 bits per heavy atom. The molecule has 0 atom stereocenters. The van der Waals surface area contributed by atoms with E-state index in [2.05, 4.69) is 52.7 Å². The molecule has 0 aliphatic rings. The second kappa shape index (κ2) is 5.45. The number of nitrogens with zero attached hydrogens (tertiary/aromatic N) is 2. The third kappa shape index (κ3) is 2.12. The van der Waals surface area contributed by atoms with Gasteiger partial charge in [0.05, 0.1) is 6.20 Å². The minimum absolute atomic E-state index is 0.889. The van der Waals surface area contributed by atoms with Crippen LogP contribution in [0.25, 0.3) is 22.0 Å². The first-order valence-corrected chi connectivity index (χ1v) is 6.21. The number of nitrogens with one attached hydrogen (secondary N) is 1. The molecule has 3 nitrogen and oxygen atoms in total. The Balaban J connectivity index is 0.000000574. The van der Waals surface area contributed by atoms with Gasteiger partial charge in [0, 0.05) is 5.56 Å². The fourth-order valence-corrected chi connectivity index (χ4v) is 2.07. The molecule has 3 aromatic rings. The molecule has 18 heavy (non-hydrogen) atoms. The second-order valence-electron chi connectivity index (χ2n) is 3.83. The Bertz CT molecular complexity index is 622. The van der Waals surface area contributed by atoms with Crippen LogP contribution in [-0.4, -0.2) is 15.4 Å². The summed E-state index contributed by atoms with van der Waals surface area (Å²) in [5, 5.41) is 13.1. The molecule has 0 fully saturated rings. The highest BCUT2D eigenvalue weighted by atomic mass is 15.3. The van der Waals surface area contributed by atoms with Crippen LogP contribution in [0.1, 0.15) is 19.4 Å². The maximum absolute atomic E-state index is 4.14. The third-order valence-electron chi connectivity index (χ3n) is 2.80. The number of rotatable bonds is 1. The summed E-state index contributed by atoms with van der Waals surface area (Å²) < 4.78 is 0. The van der Waals surface area contributed by atoms with Gasteiger partial charge < -0.3 is 0 Å². The van der Waals surface area contributed by atoms with Gasteiger partial charge in [-0.15, -0.1) is 0 Å². The van der Waals surface area contributed by atoms with E-state index in [0.29, 0.717) is 0 Å². The lowest BCUT2D eigenvalue weighted by Gasteiger charge is -2.06. The lowest BCUT2D eigenvalue weighted by Crippen LogP contribution is -1.84. The molecular weight excluding hydrogens is 222 g/mol. The van der Waals surface area contributed by atoms with E-state index in [1.807, 2.05) is 19.9 Å². The lowest BCUT2D eigenvalue weighted by atomic mass is 9.98. The lowest BCUT2D eigenvalue weighted by molar-refractivity contribution is 0.942. The van der Waals surface area contributed by atoms with E-state index in [1.165, 1.54) is 16.3 Å². The molecule has 2 aromatic carbocycles. The molecule has 0 aliphatic heterocycles. The van der Waals surface area contributed by atoms with Crippen molar-refractivity contribution in [1.29, 1.82) is 0 Å². The van der Waals surface area contributed by atoms with Gasteiger partial charge in [-0.1, -0.05) is 50.2 Å². The first kappa shape index (κ1) is 12.3. The van der Waals surface area contributed by atoms with Crippen molar-refractivity contribution in [3.63, 3.8) is 0 Å². The number of fused-ring (bicyclic) bond motifs is 1. The van der Waals surface area contributed by atoms with E-state index in [9.17, 15) is 0 Å². The highest BCUT2D eigenvalue weighted by Crippen LogP contribution is 2.29. The smallest absolute Gasteiger partial charge is 0.113 e. The molecular formula is C15H17N3. The van der Waals surface area contributed by atoms with Crippen LogP contribution in [0, 0.1) is 6.92 Å². The minimum Gasteiger partial charge on any atom is -0.197 e. The molecule has 0 amide bonds. The van der Waals surface area contributed by atoms with Crippen LogP contribution in [0.4, 0.5) is 0 Å². The van der Waals surface area contributed by atoms with E-state index in [1.54, 1.807) is 6.20 Å². The highest BCUT2D eigenvalue weighted by molar-refractivity contribution is 5.97. The quantitative estimate of drug-likeness (QED) is 0.698. The molecule has 0 saturated heterocycles. The first-order chi connectivity index (χ1) is 8.86. The van der Waals surface area contributed by atoms with Crippen LogP contribution in [0.15, 0.2) is 42.6 Å². The average molecular weight is 239 g/mol. The Hall–Kier alpha value is -2.16. The minimum atomic E-state index is 0.889. The molecule has 0 bridgehead atoms. The van der Waals surface area contributed by atoms with Crippen LogP contribution >= 0.6 is 0 Å². The zero-order valence-corrected chi connectivity index (χ0v) is 10.9. The van der Waals surface area contributed by atoms with Crippen molar-refractivity contribution in [3.8, 4) is 11.3 Å². The summed E-state index contributed by atoms with van der Waals surface area (Å²) in [6.45, 7) is 6.12. The fraction of sp³-hybridized carbons (Fsp3) is 0.200. The molecule has 0 unspecified atom stereocenters. The first-order valence-electron chi connectivity index (χ1n) is 6.21. The summed E-state index contributed by atoms with van der Waals surface area (Å²) in [5.41, 5.74) is 3.28. The molecule has 0 aliphatic carbocycles. The fourth-order valence-electron chi connectivity index (χ4n) is 2.07. The van der Waals surface area contributed by atoms with E-state index < -0.39 is 0 Å². The van der Waals surface area contributed by atoms with Crippen molar-refractivity contribution >= 4 is 10.8 Å². The molecule has 0 saturated carbocycles. The summed E-state index contributed by atoms with van der Waals surface area (Å²) in [6, 6.07) is 12.5. The summed E-state index contributed by atoms with van der Waals surface area (Å²) in [4.78, 5) is 0. The van der Waals surface area contributed by atoms with Gasteiger partial charge in [-0.25, -0.2) is 0 Å². The zero-order valence-electron chi connectivity index (χ0n) is 10.9. The van der Waals surface area contributed by atoms with Crippen molar-refractivity contribution in [2.45, 2.75) is 20.8 Å². The molecule has 3 heteroatoms. The number of H-pyrrole nitrogens is 1. The predicted molar refractivity (Wildman–Crippen MR) is 75.4 cm³/mol. The Morgan fingerprint density at radius 1 is 1.00 bits per heavy atom. The monoisotopic (exact) mass is 239 g/mol. The van der Waals surface area contributed by atoms with Crippen molar-refractivity contribution in [2.24, 2.45) is 0 Å². The number of benzene rings is 2.